The van der Waals surface area contributed by atoms with Crippen LogP contribution in [0.5, 0.6) is 0 Å². The summed E-state index contributed by atoms with van der Waals surface area (Å²) in [5, 5.41) is 14.5. The third-order valence-electron chi connectivity index (χ3n) is 4.78. The van der Waals surface area contributed by atoms with E-state index in [1.54, 1.807) is 24.3 Å². The molecule has 0 aliphatic rings. The number of anilines is 1. The molecule has 2 aromatic carbocycles. The van der Waals surface area contributed by atoms with E-state index in [1.807, 2.05) is 42.7 Å². The van der Waals surface area contributed by atoms with Crippen molar-refractivity contribution in [1.29, 1.82) is 0 Å². The average molecular weight is 468 g/mol. The van der Waals surface area contributed by atoms with Crippen LogP contribution in [0.15, 0.2) is 53.7 Å². The Morgan fingerprint density at radius 2 is 1.88 bits per heavy atom. The van der Waals surface area contributed by atoms with Crippen molar-refractivity contribution in [2.45, 2.75) is 25.5 Å². The molecule has 2 N–H and O–H groups in total. The molecule has 3 rings (SSSR count). The van der Waals surface area contributed by atoms with Gasteiger partial charge in [0.15, 0.2) is 11.0 Å². The Morgan fingerprint density at radius 1 is 1.09 bits per heavy atom. The summed E-state index contributed by atoms with van der Waals surface area (Å²) in [6.45, 7) is 4.47. The number of benzene rings is 2. The summed E-state index contributed by atoms with van der Waals surface area (Å²) in [7, 11) is 1.25. The Kier molecular flexibility index (Phi) is 8.20. The lowest BCUT2D eigenvalue weighted by molar-refractivity contribution is -0.139. The van der Waals surface area contributed by atoms with Crippen LogP contribution in [0.1, 0.15) is 22.8 Å². The number of hydrogen-bond acceptors (Lipinski definition) is 7. The van der Waals surface area contributed by atoms with Crippen molar-refractivity contribution in [3.8, 4) is 11.4 Å². The van der Waals surface area contributed by atoms with Crippen LogP contribution in [0.4, 0.5) is 5.69 Å². The zero-order chi connectivity index (χ0) is 23.8. The van der Waals surface area contributed by atoms with Crippen molar-refractivity contribution < 1.29 is 19.1 Å². The van der Waals surface area contributed by atoms with Crippen molar-refractivity contribution in [3.63, 3.8) is 0 Å². The molecule has 10 heteroatoms. The van der Waals surface area contributed by atoms with Crippen molar-refractivity contribution in [3.05, 3.63) is 59.7 Å². The van der Waals surface area contributed by atoms with Gasteiger partial charge in [-0.15, -0.1) is 10.2 Å². The Hall–Kier alpha value is -3.66. The SMILES string of the molecule is CCn1c(SCC(=O)Nc2cccc(C(=O)NCC(=O)OC)c2)nnc1-c1ccccc1C. The second-order valence-corrected chi connectivity index (χ2v) is 7.98. The van der Waals surface area contributed by atoms with E-state index < -0.39 is 11.9 Å². The number of nitrogens with zero attached hydrogens (tertiary/aromatic N) is 3. The van der Waals surface area contributed by atoms with E-state index in [0.29, 0.717) is 23.0 Å². The van der Waals surface area contributed by atoms with Crippen molar-refractivity contribution in [2.75, 3.05) is 24.7 Å². The molecule has 0 atom stereocenters. The van der Waals surface area contributed by atoms with Gasteiger partial charge >= 0.3 is 5.97 Å². The molecule has 0 saturated carbocycles. The summed E-state index contributed by atoms with van der Waals surface area (Å²) in [5.74, 6) is -0.328. The Balaban J connectivity index is 1.62. The van der Waals surface area contributed by atoms with E-state index in [1.165, 1.54) is 18.9 Å². The summed E-state index contributed by atoms with van der Waals surface area (Å²) in [4.78, 5) is 35.9. The van der Waals surface area contributed by atoms with Gasteiger partial charge in [0.25, 0.3) is 5.91 Å². The molecule has 0 aliphatic heterocycles. The van der Waals surface area contributed by atoms with Gasteiger partial charge in [0.2, 0.25) is 5.91 Å². The minimum atomic E-state index is -0.546. The zero-order valence-corrected chi connectivity index (χ0v) is 19.4. The summed E-state index contributed by atoms with van der Waals surface area (Å²) < 4.78 is 6.48. The quantitative estimate of drug-likeness (QED) is 0.367. The normalized spacial score (nSPS) is 10.5. The molecule has 1 heterocycles. The number of nitrogens with one attached hydrogen (secondary N) is 2. The predicted octanol–water partition coefficient (Wildman–Crippen LogP) is 2.91. The van der Waals surface area contributed by atoms with Crippen LogP contribution in [0, 0.1) is 6.92 Å². The first kappa shape index (κ1) is 24.0. The fourth-order valence-corrected chi connectivity index (χ4v) is 3.90. The van der Waals surface area contributed by atoms with Crippen LogP contribution in [-0.4, -0.2) is 52.0 Å². The monoisotopic (exact) mass is 467 g/mol. The standard InChI is InChI=1S/C23H25N5O4S/c1-4-28-21(18-11-6-5-8-15(18)2)26-27-23(28)33-14-19(29)25-17-10-7-9-16(12-17)22(31)24-13-20(30)32-3/h5-12H,4,13-14H2,1-3H3,(H,24,31)(H,25,29). The molecule has 2 amide bonds. The van der Waals surface area contributed by atoms with Crippen LogP contribution in [-0.2, 0) is 20.9 Å². The van der Waals surface area contributed by atoms with E-state index in [-0.39, 0.29) is 18.2 Å². The first-order valence-electron chi connectivity index (χ1n) is 10.3. The zero-order valence-electron chi connectivity index (χ0n) is 18.6. The van der Waals surface area contributed by atoms with E-state index in [2.05, 4.69) is 25.6 Å². The van der Waals surface area contributed by atoms with E-state index >= 15 is 0 Å². The minimum Gasteiger partial charge on any atom is -0.468 e. The predicted molar refractivity (Wildman–Crippen MR) is 126 cm³/mol. The summed E-state index contributed by atoms with van der Waals surface area (Å²) in [6, 6.07) is 14.4. The molecule has 0 fully saturated rings. The average Bonchev–Trinajstić information content (AvgIpc) is 3.24. The molecule has 1 aromatic heterocycles. The molecule has 0 radical (unpaired) electrons. The Bertz CT molecular complexity index is 1160. The maximum absolute atomic E-state index is 12.5. The second-order valence-electron chi connectivity index (χ2n) is 7.04. The molecule has 0 bridgehead atoms. The summed E-state index contributed by atoms with van der Waals surface area (Å²) in [6.07, 6.45) is 0. The fraction of sp³-hybridized carbons (Fsp3) is 0.261. The highest BCUT2D eigenvalue weighted by Crippen LogP contribution is 2.26. The third-order valence-corrected chi connectivity index (χ3v) is 5.75. The highest BCUT2D eigenvalue weighted by Gasteiger charge is 2.16. The van der Waals surface area contributed by atoms with Crippen molar-refractivity contribution in [2.24, 2.45) is 0 Å². The maximum Gasteiger partial charge on any atom is 0.325 e. The van der Waals surface area contributed by atoms with Gasteiger partial charge in [0.1, 0.15) is 6.54 Å². The molecule has 0 saturated heterocycles. The Labute approximate surface area is 195 Å². The molecule has 172 valence electrons. The minimum absolute atomic E-state index is 0.130. The highest BCUT2D eigenvalue weighted by molar-refractivity contribution is 7.99. The van der Waals surface area contributed by atoms with Gasteiger partial charge < -0.3 is 19.9 Å². The van der Waals surface area contributed by atoms with E-state index in [9.17, 15) is 14.4 Å². The molecular formula is C23H25N5O4S. The first-order chi connectivity index (χ1) is 15.9. The fourth-order valence-electron chi connectivity index (χ4n) is 3.10. The van der Waals surface area contributed by atoms with Gasteiger partial charge in [0.05, 0.1) is 12.9 Å². The van der Waals surface area contributed by atoms with Gasteiger partial charge in [-0.3, -0.25) is 14.4 Å². The lowest BCUT2D eigenvalue weighted by atomic mass is 10.1. The summed E-state index contributed by atoms with van der Waals surface area (Å²) >= 11 is 1.29. The van der Waals surface area contributed by atoms with Crippen molar-refractivity contribution >= 4 is 35.2 Å². The highest BCUT2D eigenvalue weighted by atomic mass is 32.2. The first-order valence-corrected chi connectivity index (χ1v) is 11.3. The molecular weight excluding hydrogens is 442 g/mol. The number of methoxy groups -OCH3 is 1. The van der Waals surface area contributed by atoms with Gasteiger partial charge in [-0.25, -0.2) is 0 Å². The van der Waals surface area contributed by atoms with Crippen LogP contribution < -0.4 is 10.6 Å². The maximum atomic E-state index is 12.5. The third kappa shape index (κ3) is 6.19. The van der Waals surface area contributed by atoms with Crippen molar-refractivity contribution in [1.82, 2.24) is 20.1 Å². The lowest BCUT2D eigenvalue weighted by Crippen LogP contribution is -2.30. The lowest BCUT2D eigenvalue weighted by Gasteiger charge is -2.10. The van der Waals surface area contributed by atoms with E-state index in [0.717, 1.165) is 17.0 Å². The van der Waals surface area contributed by atoms with Crippen LogP contribution in [0.2, 0.25) is 0 Å². The van der Waals surface area contributed by atoms with Crippen LogP contribution in [0.25, 0.3) is 11.4 Å². The molecule has 3 aromatic rings. The van der Waals surface area contributed by atoms with Gasteiger partial charge in [-0.05, 0) is 37.6 Å². The number of amides is 2. The van der Waals surface area contributed by atoms with Crippen LogP contribution in [0.3, 0.4) is 0 Å². The molecule has 0 aliphatic carbocycles. The number of carbonyl (C=O) groups excluding carboxylic acids is 3. The second kappa shape index (κ2) is 11.3. The molecule has 0 unspecified atom stereocenters. The largest absolute Gasteiger partial charge is 0.468 e. The number of carbonyl (C=O) groups is 3. The number of ether oxygens (including phenoxy) is 1. The van der Waals surface area contributed by atoms with Gasteiger partial charge in [0, 0.05) is 23.4 Å². The van der Waals surface area contributed by atoms with Gasteiger partial charge in [-0.2, -0.15) is 0 Å². The topological polar surface area (TPSA) is 115 Å². The number of aromatic nitrogens is 3. The number of aryl methyl sites for hydroxylation is 1. The number of esters is 1. The number of thioether (sulfide) groups is 1. The molecule has 9 nitrogen and oxygen atoms in total. The molecule has 0 spiro atoms. The van der Waals surface area contributed by atoms with Gasteiger partial charge in [-0.1, -0.05) is 42.1 Å². The molecule has 33 heavy (non-hydrogen) atoms. The number of rotatable bonds is 9. The Morgan fingerprint density at radius 3 is 2.61 bits per heavy atom. The summed E-state index contributed by atoms with van der Waals surface area (Å²) in [5.41, 5.74) is 2.90. The van der Waals surface area contributed by atoms with Crippen LogP contribution >= 0.6 is 11.8 Å². The number of hydrogen-bond donors (Lipinski definition) is 2. The van der Waals surface area contributed by atoms with E-state index in [4.69, 9.17) is 0 Å². The smallest absolute Gasteiger partial charge is 0.325 e.